The van der Waals surface area contributed by atoms with Gasteiger partial charge in [-0.3, -0.25) is 19.2 Å². The molecule has 0 bridgehead atoms. The van der Waals surface area contributed by atoms with Crippen LogP contribution in [0.3, 0.4) is 0 Å². The first kappa shape index (κ1) is 29.3. The van der Waals surface area contributed by atoms with Gasteiger partial charge in [-0.05, 0) is 24.2 Å². The fourth-order valence-corrected chi connectivity index (χ4v) is 3.02. The monoisotopic (exact) mass is 457 g/mol. The number of rotatable bonds is 14. The molecule has 11 nitrogen and oxygen atoms in total. The van der Waals surface area contributed by atoms with Crippen LogP contribution in [0.25, 0.3) is 0 Å². The third-order valence-corrected chi connectivity index (χ3v) is 5.12. The third-order valence-electron chi connectivity index (χ3n) is 5.12. The second-order valence-electron chi connectivity index (χ2n) is 8.91. The summed E-state index contributed by atoms with van der Waals surface area (Å²) in [5, 5.41) is 16.8. The number of carboxylic acid groups (broad SMARTS) is 1. The number of amides is 4. The molecular formula is C21H39N5O6. The molecule has 184 valence electrons. The standard InChI is InChI=1S/C21H39N5O6/c1-7-12(6)17(20(30)24-14(21(31)32)9-15(23)27)26-19(29)16(11(4)5)25-18(28)13(22)8-10(2)3/h10-14,16-17H,7-9,22H2,1-6H3,(H2,23,27)(H,24,30)(H,25,28)(H,26,29)(H,31,32). The molecule has 0 aromatic heterocycles. The van der Waals surface area contributed by atoms with Crippen LogP contribution in [-0.2, 0) is 24.0 Å². The van der Waals surface area contributed by atoms with Crippen LogP contribution in [0, 0.1) is 17.8 Å². The molecule has 0 saturated heterocycles. The van der Waals surface area contributed by atoms with E-state index in [1.807, 2.05) is 20.8 Å². The van der Waals surface area contributed by atoms with Gasteiger partial charge in [0.1, 0.15) is 18.1 Å². The minimum atomic E-state index is -1.52. The Labute approximate surface area is 189 Å². The van der Waals surface area contributed by atoms with E-state index < -0.39 is 60.2 Å². The number of carboxylic acids is 1. The summed E-state index contributed by atoms with van der Waals surface area (Å²) in [4.78, 5) is 60.6. The maximum Gasteiger partial charge on any atom is 0.326 e. The average molecular weight is 458 g/mol. The summed E-state index contributed by atoms with van der Waals surface area (Å²) in [5.41, 5.74) is 11.0. The van der Waals surface area contributed by atoms with E-state index in [1.54, 1.807) is 20.8 Å². The Bertz CT molecular complexity index is 682. The van der Waals surface area contributed by atoms with Crippen molar-refractivity contribution in [3.63, 3.8) is 0 Å². The molecule has 0 fully saturated rings. The molecule has 5 atom stereocenters. The van der Waals surface area contributed by atoms with Crippen LogP contribution >= 0.6 is 0 Å². The van der Waals surface area contributed by atoms with E-state index in [0.717, 1.165) is 0 Å². The van der Waals surface area contributed by atoms with Crippen LogP contribution in [0.5, 0.6) is 0 Å². The van der Waals surface area contributed by atoms with Crippen LogP contribution in [0.1, 0.15) is 60.8 Å². The van der Waals surface area contributed by atoms with Gasteiger partial charge in [-0.25, -0.2) is 4.79 Å². The zero-order chi connectivity index (χ0) is 25.2. The number of primary amides is 1. The summed E-state index contributed by atoms with van der Waals surface area (Å²) >= 11 is 0. The van der Waals surface area contributed by atoms with Gasteiger partial charge < -0.3 is 32.5 Å². The van der Waals surface area contributed by atoms with E-state index in [2.05, 4.69) is 16.0 Å². The Morgan fingerprint density at radius 1 is 0.844 bits per heavy atom. The molecule has 0 spiro atoms. The zero-order valence-corrected chi connectivity index (χ0v) is 19.8. The van der Waals surface area contributed by atoms with Crippen molar-refractivity contribution >= 4 is 29.6 Å². The number of nitrogens with one attached hydrogen (secondary N) is 3. The maximum absolute atomic E-state index is 13.0. The van der Waals surface area contributed by atoms with E-state index in [0.29, 0.717) is 12.8 Å². The van der Waals surface area contributed by atoms with Crippen LogP contribution in [0.4, 0.5) is 0 Å². The molecule has 32 heavy (non-hydrogen) atoms. The van der Waals surface area contributed by atoms with Crippen molar-refractivity contribution in [1.29, 1.82) is 0 Å². The molecule has 8 N–H and O–H groups in total. The van der Waals surface area contributed by atoms with Gasteiger partial charge in [0, 0.05) is 0 Å². The lowest BCUT2D eigenvalue weighted by Gasteiger charge is -2.29. The van der Waals surface area contributed by atoms with Crippen molar-refractivity contribution in [3.05, 3.63) is 0 Å². The summed E-state index contributed by atoms with van der Waals surface area (Å²) in [6, 6.07) is -4.31. The molecule has 11 heteroatoms. The van der Waals surface area contributed by atoms with Crippen molar-refractivity contribution < 1.29 is 29.1 Å². The second-order valence-corrected chi connectivity index (χ2v) is 8.91. The molecule has 4 amide bonds. The largest absolute Gasteiger partial charge is 0.480 e. The van der Waals surface area contributed by atoms with Gasteiger partial charge in [0.15, 0.2) is 0 Å². The lowest BCUT2D eigenvalue weighted by molar-refractivity contribution is -0.144. The number of hydrogen-bond donors (Lipinski definition) is 6. The van der Waals surface area contributed by atoms with Crippen LogP contribution in [-0.4, -0.2) is 58.9 Å². The number of hydrogen-bond acceptors (Lipinski definition) is 6. The molecule has 0 aliphatic heterocycles. The quantitative estimate of drug-likeness (QED) is 0.202. The van der Waals surface area contributed by atoms with E-state index >= 15 is 0 Å². The van der Waals surface area contributed by atoms with Gasteiger partial charge in [0.05, 0.1) is 12.5 Å². The topological polar surface area (TPSA) is 194 Å². The summed E-state index contributed by atoms with van der Waals surface area (Å²) in [6.07, 6.45) is 0.372. The lowest BCUT2D eigenvalue weighted by Crippen LogP contribution is -2.60. The Kier molecular flexibility index (Phi) is 12.5. The highest BCUT2D eigenvalue weighted by Gasteiger charge is 2.34. The SMILES string of the molecule is CCC(C)C(NC(=O)C(NC(=O)C(N)CC(C)C)C(C)C)C(=O)NC(CC(N)=O)C(=O)O. The zero-order valence-electron chi connectivity index (χ0n) is 19.8. The van der Waals surface area contributed by atoms with Gasteiger partial charge in [-0.2, -0.15) is 0 Å². The number of nitrogens with two attached hydrogens (primary N) is 2. The second kappa shape index (κ2) is 13.7. The smallest absolute Gasteiger partial charge is 0.326 e. The molecule has 0 aromatic rings. The van der Waals surface area contributed by atoms with Gasteiger partial charge in [0.25, 0.3) is 0 Å². The summed E-state index contributed by atoms with van der Waals surface area (Å²) in [6.45, 7) is 10.9. The molecule has 0 rings (SSSR count). The fourth-order valence-electron chi connectivity index (χ4n) is 3.02. The van der Waals surface area contributed by atoms with E-state index in [-0.39, 0.29) is 17.8 Å². The first-order valence-electron chi connectivity index (χ1n) is 10.9. The van der Waals surface area contributed by atoms with E-state index in [1.165, 1.54) is 0 Å². The van der Waals surface area contributed by atoms with Crippen molar-refractivity contribution in [3.8, 4) is 0 Å². The molecule has 5 unspecified atom stereocenters. The van der Waals surface area contributed by atoms with Gasteiger partial charge in [0.2, 0.25) is 23.6 Å². The molecule has 0 heterocycles. The highest BCUT2D eigenvalue weighted by Crippen LogP contribution is 2.12. The number of carbonyl (C=O) groups excluding carboxylic acids is 4. The van der Waals surface area contributed by atoms with Crippen LogP contribution in [0.2, 0.25) is 0 Å². The van der Waals surface area contributed by atoms with Crippen molar-refractivity contribution in [1.82, 2.24) is 16.0 Å². The Hall–Kier alpha value is -2.69. The minimum Gasteiger partial charge on any atom is -0.480 e. The molecular weight excluding hydrogens is 418 g/mol. The maximum atomic E-state index is 13.0. The Morgan fingerprint density at radius 2 is 1.34 bits per heavy atom. The van der Waals surface area contributed by atoms with Crippen molar-refractivity contribution in [2.24, 2.45) is 29.2 Å². The van der Waals surface area contributed by atoms with Crippen molar-refractivity contribution in [2.75, 3.05) is 0 Å². The normalized spacial score (nSPS) is 15.9. The summed E-state index contributed by atoms with van der Waals surface area (Å²) in [7, 11) is 0. The van der Waals surface area contributed by atoms with Gasteiger partial charge in [-0.15, -0.1) is 0 Å². The first-order valence-corrected chi connectivity index (χ1v) is 10.9. The number of aliphatic carboxylic acids is 1. The fraction of sp³-hybridized carbons (Fsp3) is 0.762. The highest BCUT2D eigenvalue weighted by molar-refractivity contribution is 5.95. The molecule has 0 saturated carbocycles. The third kappa shape index (κ3) is 10.1. The molecule has 0 aliphatic rings. The summed E-state index contributed by atoms with van der Waals surface area (Å²) < 4.78 is 0. The molecule has 0 aliphatic carbocycles. The first-order chi connectivity index (χ1) is 14.7. The summed E-state index contributed by atoms with van der Waals surface area (Å²) in [5.74, 6) is -4.58. The molecule has 0 aromatic carbocycles. The van der Waals surface area contributed by atoms with E-state index in [9.17, 15) is 29.1 Å². The highest BCUT2D eigenvalue weighted by atomic mass is 16.4. The predicted octanol–water partition coefficient (Wildman–Crippen LogP) is -0.524. The van der Waals surface area contributed by atoms with Crippen LogP contribution in [0.15, 0.2) is 0 Å². The average Bonchev–Trinajstić information content (AvgIpc) is 2.67. The van der Waals surface area contributed by atoms with Crippen molar-refractivity contribution in [2.45, 2.75) is 85.0 Å². The van der Waals surface area contributed by atoms with E-state index in [4.69, 9.17) is 11.5 Å². The minimum absolute atomic E-state index is 0.197. The van der Waals surface area contributed by atoms with Gasteiger partial charge >= 0.3 is 5.97 Å². The lowest BCUT2D eigenvalue weighted by atomic mass is 9.95. The van der Waals surface area contributed by atoms with Crippen LogP contribution < -0.4 is 27.4 Å². The Morgan fingerprint density at radius 3 is 1.75 bits per heavy atom. The predicted molar refractivity (Wildman–Crippen MR) is 119 cm³/mol. The van der Waals surface area contributed by atoms with Gasteiger partial charge in [-0.1, -0.05) is 48.0 Å². The number of carbonyl (C=O) groups is 5. The molecule has 0 radical (unpaired) electrons. The Balaban J connectivity index is 5.50.